The van der Waals surface area contributed by atoms with Gasteiger partial charge in [0.25, 0.3) is 0 Å². The molecule has 2 heterocycles. The zero-order valence-electron chi connectivity index (χ0n) is 25.5. The number of nitrogens with zero attached hydrogens (tertiary/aromatic N) is 2. The van der Waals surface area contributed by atoms with Crippen molar-refractivity contribution in [2.45, 2.75) is 38.6 Å². The summed E-state index contributed by atoms with van der Waals surface area (Å²) in [7, 11) is 1.45. The summed E-state index contributed by atoms with van der Waals surface area (Å²) in [6.07, 6.45) is 7.05. The molecule has 5 heteroatoms. The van der Waals surface area contributed by atoms with E-state index in [1.165, 1.54) is 50.4 Å². The molecule has 0 amide bonds. The fourth-order valence-corrected chi connectivity index (χ4v) is 6.19. The lowest BCUT2D eigenvalue weighted by Crippen LogP contribution is -2.32. The van der Waals surface area contributed by atoms with E-state index in [-0.39, 0.29) is 5.97 Å². The van der Waals surface area contributed by atoms with Crippen LogP contribution in [-0.4, -0.2) is 42.2 Å². The molecule has 0 radical (unpaired) electrons. The van der Waals surface area contributed by atoms with Crippen molar-refractivity contribution in [1.82, 2.24) is 9.47 Å². The predicted octanol–water partition coefficient (Wildman–Crippen LogP) is 8.83. The highest BCUT2D eigenvalue weighted by Gasteiger charge is 2.18. The topological polar surface area (TPSA) is 43.7 Å². The van der Waals surface area contributed by atoms with E-state index in [4.69, 9.17) is 9.47 Å². The average Bonchev–Trinajstić information content (AvgIpc) is 3.49. The first kappa shape index (κ1) is 29.5. The zero-order valence-corrected chi connectivity index (χ0v) is 25.5. The van der Waals surface area contributed by atoms with Crippen molar-refractivity contribution in [2.75, 3.05) is 26.7 Å². The van der Waals surface area contributed by atoms with Gasteiger partial charge in [0.05, 0.1) is 7.11 Å². The molecule has 1 saturated heterocycles. The van der Waals surface area contributed by atoms with Crippen LogP contribution in [0.25, 0.3) is 22.0 Å². The molecule has 5 nitrogen and oxygen atoms in total. The minimum absolute atomic E-state index is 0.217. The number of benzene rings is 4. The first-order valence-corrected chi connectivity index (χ1v) is 15.7. The van der Waals surface area contributed by atoms with Crippen LogP contribution in [0, 0.1) is 0 Å². The van der Waals surface area contributed by atoms with E-state index < -0.39 is 0 Å². The smallest absolute Gasteiger partial charge is 0.305 e. The molecule has 0 unspecified atom stereocenters. The van der Waals surface area contributed by atoms with Crippen LogP contribution in [-0.2, 0) is 16.1 Å². The van der Waals surface area contributed by atoms with Gasteiger partial charge in [0.2, 0.25) is 0 Å². The van der Waals surface area contributed by atoms with Gasteiger partial charge in [-0.3, -0.25) is 4.79 Å². The van der Waals surface area contributed by atoms with Crippen LogP contribution in [0.5, 0.6) is 11.5 Å². The fraction of sp³-hybridized carbons (Fsp3) is 0.256. The Balaban J connectivity index is 1.39. The third kappa shape index (κ3) is 7.12. The van der Waals surface area contributed by atoms with Crippen LogP contribution in [0.3, 0.4) is 0 Å². The maximum absolute atomic E-state index is 12.3. The number of rotatable bonds is 11. The largest absolute Gasteiger partial charge is 0.469 e. The maximum Gasteiger partial charge on any atom is 0.305 e. The van der Waals surface area contributed by atoms with Gasteiger partial charge in [-0.2, -0.15) is 0 Å². The summed E-state index contributed by atoms with van der Waals surface area (Å²) in [5, 5.41) is 1.21. The number of hydrogen-bond donors (Lipinski definition) is 0. The second kappa shape index (κ2) is 14.2. The minimum atomic E-state index is -0.217. The molecule has 4 aromatic carbocycles. The summed E-state index contributed by atoms with van der Waals surface area (Å²) < 4.78 is 13.5. The Morgan fingerprint density at radius 3 is 2.09 bits per heavy atom. The van der Waals surface area contributed by atoms with Crippen LogP contribution in [0.2, 0.25) is 0 Å². The highest BCUT2D eigenvalue weighted by Crippen LogP contribution is 2.37. The molecular weight excluding hydrogens is 544 g/mol. The highest BCUT2D eigenvalue weighted by molar-refractivity contribution is 6.01. The number of para-hydroxylation sites is 1. The standard InChI is InChI=1S/C39H40N2O3/c1-43-38(42)22-20-36(30-11-5-2-6-12-30)39(31-15-18-35(19-16-31)44-34-13-7-3-8-14-34)33-17-21-37-32(29-33)23-26-41(37)28-27-40-24-9-4-10-25-40/h2-3,5-8,11-19,21,23,26,29H,4,9-10,20,22,24-25,27-28H2,1H3/b39-36-. The normalized spacial score (nSPS) is 14.3. The lowest BCUT2D eigenvalue weighted by atomic mass is 9.87. The van der Waals surface area contributed by atoms with Gasteiger partial charge in [-0.15, -0.1) is 0 Å². The predicted molar refractivity (Wildman–Crippen MR) is 179 cm³/mol. The lowest BCUT2D eigenvalue weighted by molar-refractivity contribution is -0.140. The second-order valence-corrected chi connectivity index (χ2v) is 11.4. The lowest BCUT2D eigenvalue weighted by Gasteiger charge is -2.26. The van der Waals surface area contributed by atoms with Crippen LogP contribution in [0.1, 0.15) is 48.8 Å². The number of aromatic nitrogens is 1. The van der Waals surface area contributed by atoms with E-state index in [1.54, 1.807) is 0 Å². The van der Waals surface area contributed by atoms with E-state index in [9.17, 15) is 4.79 Å². The molecule has 44 heavy (non-hydrogen) atoms. The van der Waals surface area contributed by atoms with Crippen molar-refractivity contribution in [1.29, 1.82) is 0 Å². The summed E-state index contributed by atoms with van der Waals surface area (Å²) >= 11 is 0. The van der Waals surface area contributed by atoms with E-state index in [0.717, 1.165) is 52.4 Å². The van der Waals surface area contributed by atoms with E-state index in [1.807, 2.05) is 60.7 Å². The number of carbonyl (C=O) groups is 1. The number of ether oxygens (including phenoxy) is 2. The van der Waals surface area contributed by atoms with Gasteiger partial charge in [-0.1, -0.05) is 73.2 Å². The molecule has 0 bridgehead atoms. The molecule has 6 rings (SSSR count). The molecule has 0 saturated carbocycles. The first-order chi connectivity index (χ1) is 21.7. The van der Waals surface area contributed by atoms with Gasteiger partial charge in [0, 0.05) is 36.6 Å². The summed E-state index contributed by atoms with van der Waals surface area (Å²) in [5.41, 5.74) is 6.73. The number of esters is 1. The SMILES string of the molecule is COC(=O)CC/C(=C(\c1ccc(Oc2ccccc2)cc1)c1ccc2c(ccn2CCN2CCCCC2)c1)c1ccccc1. The maximum atomic E-state index is 12.3. The Kier molecular flexibility index (Phi) is 9.54. The zero-order chi connectivity index (χ0) is 30.1. The van der Waals surface area contributed by atoms with Crippen molar-refractivity contribution in [3.05, 3.63) is 132 Å². The Labute approximate surface area is 260 Å². The third-order valence-electron chi connectivity index (χ3n) is 8.52. The second-order valence-electron chi connectivity index (χ2n) is 11.4. The number of methoxy groups -OCH3 is 1. The van der Waals surface area contributed by atoms with Gasteiger partial charge in [0.15, 0.2) is 0 Å². The van der Waals surface area contributed by atoms with Gasteiger partial charge in [-0.25, -0.2) is 0 Å². The monoisotopic (exact) mass is 584 g/mol. The summed E-state index contributed by atoms with van der Waals surface area (Å²) in [4.78, 5) is 14.9. The minimum Gasteiger partial charge on any atom is -0.469 e. The Morgan fingerprint density at radius 1 is 0.682 bits per heavy atom. The number of hydrogen-bond acceptors (Lipinski definition) is 4. The highest BCUT2D eigenvalue weighted by atomic mass is 16.5. The molecule has 1 aliphatic rings. The number of piperidine rings is 1. The molecule has 1 aliphatic heterocycles. The van der Waals surface area contributed by atoms with E-state index in [0.29, 0.717) is 12.8 Å². The molecule has 1 fully saturated rings. The summed E-state index contributed by atoms with van der Waals surface area (Å²) in [6.45, 7) is 4.49. The fourth-order valence-electron chi connectivity index (χ4n) is 6.19. The molecule has 5 aromatic rings. The van der Waals surface area contributed by atoms with Crippen LogP contribution >= 0.6 is 0 Å². The molecule has 0 atom stereocenters. The number of carbonyl (C=O) groups excluding carboxylic acids is 1. The van der Waals surface area contributed by atoms with Crippen LogP contribution < -0.4 is 4.74 Å². The van der Waals surface area contributed by atoms with Crippen molar-refractivity contribution in [2.24, 2.45) is 0 Å². The van der Waals surface area contributed by atoms with Gasteiger partial charge >= 0.3 is 5.97 Å². The molecule has 1 aromatic heterocycles. The molecule has 0 N–H and O–H groups in total. The number of likely N-dealkylation sites (tertiary alicyclic amines) is 1. The van der Waals surface area contributed by atoms with Crippen LogP contribution in [0.15, 0.2) is 115 Å². The van der Waals surface area contributed by atoms with Crippen molar-refractivity contribution < 1.29 is 14.3 Å². The first-order valence-electron chi connectivity index (χ1n) is 15.7. The quantitative estimate of drug-likeness (QED) is 0.115. The Hall–Kier alpha value is -4.61. The summed E-state index contributed by atoms with van der Waals surface area (Å²) in [5.74, 6) is 1.36. The average molecular weight is 585 g/mol. The Bertz CT molecular complexity index is 1700. The third-order valence-corrected chi connectivity index (χ3v) is 8.52. The Morgan fingerprint density at radius 2 is 1.36 bits per heavy atom. The van der Waals surface area contributed by atoms with E-state index >= 15 is 0 Å². The molecular formula is C39H40N2O3. The van der Waals surface area contributed by atoms with Gasteiger partial charge in [-0.05, 0) is 103 Å². The van der Waals surface area contributed by atoms with Crippen LogP contribution in [0.4, 0.5) is 0 Å². The van der Waals surface area contributed by atoms with Gasteiger partial charge in [0.1, 0.15) is 11.5 Å². The molecule has 0 aliphatic carbocycles. The van der Waals surface area contributed by atoms with Crippen molar-refractivity contribution in [3.8, 4) is 11.5 Å². The molecule has 224 valence electrons. The van der Waals surface area contributed by atoms with Crippen molar-refractivity contribution >= 4 is 28.0 Å². The number of fused-ring (bicyclic) bond motifs is 1. The summed E-state index contributed by atoms with van der Waals surface area (Å²) in [6, 6.07) is 37.4. The van der Waals surface area contributed by atoms with E-state index in [2.05, 4.69) is 64.2 Å². The number of allylic oxidation sites excluding steroid dienone is 1. The molecule has 0 spiro atoms. The van der Waals surface area contributed by atoms with Gasteiger partial charge < -0.3 is 18.9 Å². The van der Waals surface area contributed by atoms with Crippen molar-refractivity contribution in [3.63, 3.8) is 0 Å².